The third kappa shape index (κ3) is 3.52. The van der Waals surface area contributed by atoms with Crippen LogP contribution >= 0.6 is 0 Å². The van der Waals surface area contributed by atoms with Crippen LogP contribution in [0.15, 0.2) is 66.7 Å². The summed E-state index contributed by atoms with van der Waals surface area (Å²) in [5, 5.41) is 3.50. The third-order valence-electron chi connectivity index (χ3n) is 5.08. The number of ether oxygens (including phenoxy) is 3. The van der Waals surface area contributed by atoms with Crippen molar-refractivity contribution in [1.82, 2.24) is 0 Å². The largest absolute Gasteiger partial charge is 0.494 e. The van der Waals surface area contributed by atoms with Crippen molar-refractivity contribution < 1.29 is 19.0 Å². The number of nitrogens with one attached hydrogen (secondary N) is 1. The Labute approximate surface area is 176 Å². The van der Waals surface area contributed by atoms with E-state index in [1.165, 1.54) is 0 Å². The molecule has 30 heavy (non-hydrogen) atoms. The van der Waals surface area contributed by atoms with Crippen molar-refractivity contribution in [2.24, 2.45) is 0 Å². The first-order valence-electron chi connectivity index (χ1n) is 9.80. The summed E-state index contributed by atoms with van der Waals surface area (Å²) in [6.45, 7) is 2.53. The first-order chi connectivity index (χ1) is 14.7. The fourth-order valence-electron chi connectivity index (χ4n) is 3.65. The third-order valence-corrected chi connectivity index (χ3v) is 5.08. The SMILES string of the molecule is CCOc1ccc(N2C(=O)c3ccccc3N[C@@H]2c2ccc(OC)c(OC)c2)cc1. The molecule has 0 bridgehead atoms. The van der Waals surface area contributed by atoms with Crippen molar-refractivity contribution in [2.45, 2.75) is 13.1 Å². The van der Waals surface area contributed by atoms with E-state index in [0.29, 0.717) is 23.7 Å². The summed E-state index contributed by atoms with van der Waals surface area (Å²) in [5.74, 6) is 1.93. The molecule has 0 aromatic heterocycles. The molecule has 0 saturated heterocycles. The molecule has 1 atom stereocenters. The molecule has 0 spiro atoms. The predicted octanol–water partition coefficient (Wildman–Crippen LogP) is 4.87. The molecule has 1 aliphatic rings. The van der Waals surface area contributed by atoms with Crippen LogP contribution in [0.5, 0.6) is 17.2 Å². The van der Waals surface area contributed by atoms with Crippen LogP contribution in [-0.4, -0.2) is 26.7 Å². The van der Waals surface area contributed by atoms with Gasteiger partial charge in [-0.3, -0.25) is 9.69 Å². The molecular weight excluding hydrogens is 380 g/mol. The van der Waals surface area contributed by atoms with Crippen LogP contribution in [0.2, 0.25) is 0 Å². The molecule has 0 aliphatic carbocycles. The van der Waals surface area contributed by atoms with Gasteiger partial charge in [-0.25, -0.2) is 0 Å². The van der Waals surface area contributed by atoms with Crippen molar-refractivity contribution in [3.05, 3.63) is 77.9 Å². The lowest BCUT2D eigenvalue weighted by molar-refractivity contribution is 0.0975. The summed E-state index contributed by atoms with van der Waals surface area (Å²) in [7, 11) is 3.20. The Hall–Kier alpha value is -3.67. The van der Waals surface area contributed by atoms with Gasteiger partial charge in [0.25, 0.3) is 5.91 Å². The standard InChI is InChI=1S/C24H24N2O4/c1-4-30-18-12-10-17(11-13-18)26-23(16-9-14-21(28-2)22(15-16)29-3)25-20-8-6-5-7-19(20)24(26)27/h5-15,23,25H,4H2,1-3H3/t23-/m0/s1. The van der Waals surface area contributed by atoms with Crippen molar-refractivity contribution in [1.29, 1.82) is 0 Å². The van der Waals surface area contributed by atoms with Gasteiger partial charge in [-0.15, -0.1) is 0 Å². The van der Waals surface area contributed by atoms with Gasteiger partial charge in [0.05, 0.1) is 26.4 Å². The molecule has 154 valence electrons. The number of hydrogen-bond acceptors (Lipinski definition) is 5. The van der Waals surface area contributed by atoms with Gasteiger partial charge in [-0.2, -0.15) is 0 Å². The molecule has 0 radical (unpaired) electrons. The number of carbonyl (C=O) groups excluding carboxylic acids is 1. The van der Waals surface area contributed by atoms with Crippen LogP contribution in [-0.2, 0) is 0 Å². The summed E-state index contributed by atoms with van der Waals surface area (Å²) < 4.78 is 16.4. The molecule has 1 N–H and O–H groups in total. The van der Waals surface area contributed by atoms with Crippen LogP contribution in [0.25, 0.3) is 0 Å². The Kier molecular flexibility index (Phi) is 5.48. The highest BCUT2D eigenvalue weighted by Gasteiger charge is 2.34. The average Bonchev–Trinajstić information content (AvgIpc) is 2.79. The minimum atomic E-state index is -0.412. The van der Waals surface area contributed by atoms with Gasteiger partial charge >= 0.3 is 0 Å². The number of nitrogens with zero attached hydrogens (tertiary/aromatic N) is 1. The van der Waals surface area contributed by atoms with Gasteiger partial charge in [0.15, 0.2) is 11.5 Å². The Morgan fingerprint density at radius 1 is 0.933 bits per heavy atom. The molecule has 3 aromatic carbocycles. The molecule has 3 aromatic rings. The lowest BCUT2D eigenvalue weighted by atomic mass is 10.0. The van der Waals surface area contributed by atoms with Gasteiger partial charge in [0, 0.05) is 11.4 Å². The van der Waals surface area contributed by atoms with Crippen molar-refractivity contribution in [3.8, 4) is 17.2 Å². The number of anilines is 2. The molecule has 0 saturated carbocycles. The maximum absolute atomic E-state index is 13.5. The van der Waals surface area contributed by atoms with E-state index in [9.17, 15) is 4.79 Å². The second-order valence-corrected chi connectivity index (χ2v) is 6.81. The van der Waals surface area contributed by atoms with Crippen LogP contribution in [0.1, 0.15) is 29.0 Å². The van der Waals surface area contributed by atoms with Crippen molar-refractivity contribution >= 4 is 17.3 Å². The fraction of sp³-hybridized carbons (Fsp3) is 0.208. The smallest absolute Gasteiger partial charge is 0.262 e. The van der Waals surface area contributed by atoms with E-state index in [0.717, 1.165) is 22.7 Å². The highest BCUT2D eigenvalue weighted by Crippen LogP contribution is 2.39. The van der Waals surface area contributed by atoms with E-state index in [2.05, 4.69) is 5.32 Å². The molecule has 1 heterocycles. The van der Waals surface area contributed by atoms with Gasteiger partial charge in [0.2, 0.25) is 0 Å². The summed E-state index contributed by atoms with van der Waals surface area (Å²) in [4.78, 5) is 15.2. The van der Waals surface area contributed by atoms with Gasteiger partial charge in [-0.1, -0.05) is 18.2 Å². The number of para-hydroxylation sites is 1. The molecule has 0 unspecified atom stereocenters. The number of carbonyl (C=O) groups is 1. The second kappa shape index (κ2) is 8.37. The zero-order chi connectivity index (χ0) is 21.1. The first kappa shape index (κ1) is 19.6. The summed E-state index contributed by atoms with van der Waals surface area (Å²) >= 11 is 0. The second-order valence-electron chi connectivity index (χ2n) is 6.81. The monoisotopic (exact) mass is 404 g/mol. The molecule has 1 amide bonds. The van der Waals surface area contributed by atoms with E-state index in [4.69, 9.17) is 14.2 Å². The van der Waals surface area contributed by atoms with Crippen LogP contribution in [0.4, 0.5) is 11.4 Å². The van der Waals surface area contributed by atoms with E-state index in [1.54, 1.807) is 19.1 Å². The quantitative estimate of drug-likeness (QED) is 0.635. The number of methoxy groups -OCH3 is 2. The van der Waals surface area contributed by atoms with Gasteiger partial charge in [-0.05, 0) is 61.0 Å². The van der Waals surface area contributed by atoms with E-state index >= 15 is 0 Å². The summed E-state index contributed by atoms with van der Waals surface area (Å²) in [6, 6.07) is 20.7. The normalized spacial score (nSPS) is 15.2. The number of hydrogen-bond donors (Lipinski definition) is 1. The lowest BCUT2D eigenvalue weighted by Gasteiger charge is -2.38. The Morgan fingerprint density at radius 2 is 1.67 bits per heavy atom. The zero-order valence-corrected chi connectivity index (χ0v) is 17.2. The van der Waals surface area contributed by atoms with E-state index in [-0.39, 0.29) is 5.91 Å². The first-order valence-corrected chi connectivity index (χ1v) is 9.80. The van der Waals surface area contributed by atoms with E-state index < -0.39 is 6.17 Å². The van der Waals surface area contributed by atoms with Crippen LogP contribution < -0.4 is 24.4 Å². The molecular formula is C24H24N2O4. The Balaban J connectivity index is 1.80. The number of fused-ring (bicyclic) bond motifs is 1. The average molecular weight is 404 g/mol. The maximum Gasteiger partial charge on any atom is 0.262 e. The molecule has 0 fully saturated rings. The highest BCUT2D eigenvalue weighted by molar-refractivity contribution is 6.12. The molecule has 4 rings (SSSR count). The zero-order valence-electron chi connectivity index (χ0n) is 17.2. The van der Waals surface area contributed by atoms with Crippen LogP contribution in [0, 0.1) is 0 Å². The van der Waals surface area contributed by atoms with Crippen molar-refractivity contribution in [2.75, 3.05) is 31.0 Å². The summed E-state index contributed by atoms with van der Waals surface area (Å²) in [5.41, 5.74) is 3.07. The molecule has 6 heteroatoms. The highest BCUT2D eigenvalue weighted by atomic mass is 16.5. The molecule has 1 aliphatic heterocycles. The lowest BCUT2D eigenvalue weighted by Crippen LogP contribution is -2.43. The minimum Gasteiger partial charge on any atom is -0.494 e. The maximum atomic E-state index is 13.5. The number of rotatable bonds is 6. The fourth-order valence-corrected chi connectivity index (χ4v) is 3.65. The Morgan fingerprint density at radius 3 is 2.37 bits per heavy atom. The van der Waals surface area contributed by atoms with Crippen molar-refractivity contribution in [3.63, 3.8) is 0 Å². The van der Waals surface area contributed by atoms with Gasteiger partial charge in [0.1, 0.15) is 11.9 Å². The van der Waals surface area contributed by atoms with Gasteiger partial charge < -0.3 is 19.5 Å². The topological polar surface area (TPSA) is 60.0 Å². The molecule has 6 nitrogen and oxygen atoms in total. The van der Waals surface area contributed by atoms with E-state index in [1.807, 2.05) is 73.7 Å². The Bertz CT molecular complexity index is 1050. The number of benzene rings is 3. The minimum absolute atomic E-state index is 0.0757. The summed E-state index contributed by atoms with van der Waals surface area (Å²) in [6.07, 6.45) is -0.412. The number of amides is 1. The predicted molar refractivity (Wildman–Crippen MR) is 117 cm³/mol. The van der Waals surface area contributed by atoms with Crippen LogP contribution in [0.3, 0.4) is 0 Å².